The molecule has 0 aliphatic heterocycles. The summed E-state index contributed by atoms with van der Waals surface area (Å²) in [5, 5.41) is 3.27. The Hall–Kier alpha value is -1.15. The predicted octanol–water partition coefficient (Wildman–Crippen LogP) is 4.37. The maximum atomic E-state index is 13.9. The molecule has 0 spiro atoms. The van der Waals surface area contributed by atoms with Gasteiger partial charge in [0.15, 0.2) is 0 Å². The summed E-state index contributed by atoms with van der Waals surface area (Å²) < 4.78 is 13.9. The molecule has 0 fully saturated rings. The first kappa shape index (κ1) is 13.3. The average molecular weight is 247 g/mol. The van der Waals surface area contributed by atoms with Crippen LogP contribution in [0.15, 0.2) is 35.9 Å². The summed E-state index contributed by atoms with van der Waals surface area (Å²) in [6, 6.07) is 7.12. The summed E-state index contributed by atoms with van der Waals surface area (Å²) in [6.45, 7) is 0. The summed E-state index contributed by atoms with van der Waals surface area (Å²) in [6.07, 6.45) is 9.63. The van der Waals surface area contributed by atoms with Crippen molar-refractivity contribution in [1.29, 1.82) is 0 Å². The standard InChI is InChI=1S/C16H22FN/c1-18-16(14-11-7-8-12-15(14)17)13-9-5-3-2-4-6-10-13/h7-9,11-12,16,18H,2-6,10H2,1H3/b13-9+. The van der Waals surface area contributed by atoms with Crippen LogP contribution in [0.2, 0.25) is 0 Å². The zero-order valence-electron chi connectivity index (χ0n) is 11.1. The van der Waals surface area contributed by atoms with E-state index in [1.165, 1.54) is 31.3 Å². The summed E-state index contributed by atoms with van der Waals surface area (Å²) in [7, 11) is 1.91. The zero-order chi connectivity index (χ0) is 12.8. The lowest BCUT2D eigenvalue weighted by atomic mass is 9.91. The van der Waals surface area contributed by atoms with Gasteiger partial charge in [0.2, 0.25) is 0 Å². The minimum Gasteiger partial charge on any atom is -0.310 e. The number of hydrogen-bond donors (Lipinski definition) is 1. The average Bonchev–Trinajstić information content (AvgIpc) is 2.34. The molecule has 18 heavy (non-hydrogen) atoms. The molecule has 0 saturated heterocycles. The van der Waals surface area contributed by atoms with Crippen LogP contribution in [0.4, 0.5) is 4.39 Å². The molecule has 1 aliphatic carbocycles. The van der Waals surface area contributed by atoms with Gasteiger partial charge in [0.25, 0.3) is 0 Å². The van der Waals surface area contributed by atoms with Crippen molar-refractivity contribution in [3.8, 4) is 0 Å². The number of likely N-dealkylation sites (N-methyl/N-ethyl adjacent to an activating group) is 1. The monoisotopic (exact) mass is 247 g/mol. The van der Waals surface area contributed by atoms with Crippen molar-refractivity contribution in [1.82, 2.24) is 5.32 Å². The Morgan fingerprint density at radius 3 is 2.67 bits per heavy atom. The van der Waals surface area contributed by atoms with Crippen molar-refractivity contribution in [2.45, 2.75) is 44.6 Å². The fourth-order valence-electron chi connectivity index (χ4n) is 2.73. The Bertz CT molecular complexity index is 411. The van der Waals surface area contributed by atoms with E-state index in [1.54, 1.807) is 12.1 Å². The van der Waals surface area contributed by atoms with Crippen molar-refractivity contribution < 1.29 is 4.39 Å². The molecule has 1 nitrogen and oxygen atoms in total. The van der Waals surface area contributed by atoms with Gasteiger partial charge in [-0.1, -0.05) is 42.7 Å². The fourth-order valence-corrected chi connectivity index (χ4v) is 2.73. The van der Waals surface area contributed by atoms with Gasteiger partial charge in [-0.15, -0.1) is 0 Å². The van der Waals surface area contributed by atoms with E-state index in [0.29, 0.717) is 0 Å². The van der Waals surface area contributed by atoms with Crippen molar-refractivity contribution in [3.63, 3.8) is 0 Å². The van der Waals surface area contributed by atoms with Crippen molar-refractivity contribution in [3.05, 3.63) is 47.3 Å². The number of halogens is 1. The van der Waals surface area contributed by atoms with Crippen molar-refractivity contribution >= 4 is 0 Å². The van der Waals surface area contributed by atoms with Crippen LogP contribution in [0.1, 0.15) is 50.1 Å². The Morgan fingerprint density at radius 2 is 1.89 bits per heavy atom. The van der Waals surface area contributed by atoms with Crippen LogP contribution in [-0.4, -0.2) is 7.05 Å². The van der Waals surface area contributed by atoms with Gasteiger partial charge in [-0.05, 0) is 38.8 Å². The SMILES string of the molecule is CNC(/C1=C/CCCCCC1)c1ccccc1F. The predicted molar refractivity (Wildman–Crippen MR) is 74.0 cm³/mol. The third-order valence-corrected chi connectivity index (χ3v) is 3.70. The molecule has 0 bridgehead atoms. The first-order chi connectivity index (χ1) is 8.83. The Morgan fingerprint density at radius 1 is 1.11 bits per heavy atom. The highest BCUT2D eigenvalue weighted by molar-refractivity contribution is 5.29. The van der Waals surface area contributed by atoms with Crippen LogP contribution in [0.3, 0.4) is 0 Å². The molecular formula is C16H22FN. The molecule has 1 unspecified atom stereocenters. The van der Waals surface area contributed by atoms with E-state index in [0.717, 1.165) is 18.4 Å². The minimum atomic E-state index is -0.111. The second kappa shape index (κ2) is 6.69. The summed E-state index contributed by atoms with van der Waals surface area (Å²) in [5.74, 6) is -0.111. The lowest BCUT2D eigenvalue weighted by Gasteiger charge is -2.22. The first-order valence-corrected chi connectivity index (χ1v) is 6.93. The Kier molecular flexibility index (Phi) is 4.94. The van der Waals surface area contributed by atoms with Crippen molar-refractivity contribution in [2.24, 2.45) is 0 Å². The lowest BCUT2D eigenvalue weighted by molar-refractivity contribution is 0.542. The molecule has 1 aromatic rings. The highest BCUT2D eigenvalue weighted by Gasteiger charge is 2.18. The molecule has 1 atom stereocenters. The van der Waals surface area contributed by atoms with Crippen LogP contribution < -0.4 is 5.32 Å². The molecule has 1 aliphatic rings. The summed E-state index contributed by atoms with van der Waals surface area (Å²) in [5.41, 5.74) is 2.12. The largest absolute Gasteiger partial charge is 0.310 e. The molecule has 0 saturated carbocycles. The van der Waals surface area contributed by atoms with E-state index < -0.39 is 0 Å². The van der Waals surface area contributed by atoms with Gasteiger partial charge in [0.05, 0.1) is 6.04 Å². The van der Waals surface area contributed by atoms with Crippen LogP contribution in [-0.2, 0) is 0 Å². The third-order valence-electron chi connectivity index (χ3n) is 3.70. The number of benzene rings is 1. The minimum absolute atomic E-state index is 0.0318. The molecule has 0 radical (unpaired) electrons. The van der Waals surface area contributed by atoms with Gasteiger partial charge >= 0.3 is 0 Å². The second-order valence-corrected chi connectivity index (χ2v) is 4.98. The first-order valence-electron chi connectivity index (χ1n) is 6.93. The Balaban J connectivity index is 2.24. The Labute approximate surface area is 109 Å². The topological polar surface area (TPSA) is 12.0 Å². The normalized spacial score (nSPS) is 21.6. The molecule has 98 valence electrons. The van der Waals surface area contributed by atoms with E-state index in [1.807, 2.05) is 19.2 Å². The highest BCUT2D eigenvalue weighted by atomic mass is 19.1. The molecule has 0 amide bonds. The number of rotatable bonds is 3. The van der Waals surface area contributed by atoms with Gasteiger partial charge in [-0.3, -0.25) is 0 Å². The van der Waals surface area contributed by atoms with Crippen LogP contribution in [0, 0.1) is 5.82 Å². The fraction of sp³-hybridized carbons (Fsp3) is 0.500. The van der Waals surface area contributed by atoms with E-state index in [-0.39, 0.29) is 11.9 Å². The molecule has 2 rings (SSSR count). The maximum Gasteiger partial charge on any atom is 0.128 e. The lowest BCUT2D eigenvalue weighted by Crippen LogP contribution is -2.20. The maximum absolute atomic E-state index is 13.9. The molecule has 1 aromatic carbocycles. The van der Waals surface area contributed by atoms with E-state index in [2.05, 4.69) is 11.4 Å². The van der Waals surface area contributed by atoms with Gasteiger partial charge in [-0.25, -0.2) is 4.39 Å². The third kappa shape index (κ3) is 3.20. The molecule has 1 N–H and O–H groups in total. The van der Waals surface area contributed by atoms with E-state index in [4.69, 9.17) is 0 Å². The summed E-state index contributed by atoms with van der Waals surface area (Å²) in [4.78, 5) is 0. The van der Waals surface area contributed by atoms with Gasteiger partial charge in [0.1, 0.15) is 5.82 Å². The number of hydrogen-bond acceptors (Lipinski definition) is 1. The smallest absolute Gasteiger partial charge is 0.128 e. The van der Waals surface area contributed by atoms with Gasteiger partial charge in [-0.2, -0.15) is 0 Å². The van der Waals surface area contributed by atoms with Crippen molar-refractivity contribution in [2.75, 3.05) is 7.05 Å². The number of nitrogens with one attached hydrogen (secondary N) is 1. The zero-order valence-corrected chi connectivity index (χ0v) is 11.1. The van der Waals surface area contributed by atoms with Gasteiger partial charge < -0.3 is 5.32 Å². The van der Waals surface area contributed by atoms with E-state index >= 15 is 0 Å². The van der Waals surface area contributed by atoms with Crippen LogP contribution >= 0.6 is 0 Å². The molecule has 0 heterocycles. The second-order valence-electron chi connectivity index (χ2n) is 4.98. The quantitative estimate of drug-likeness (QED) is 0.782. The van der Waals surface area contributed by atoms with E-state index in [9.17, 15) is 4.39 Å². The number of allylic oxidation sites excluding steroid dienone is 1. The molecule has 0 aromatic heterocycles. The highest BCUT2D eigenvalue weighted by Crippen LogP contribution is 2.29. The molecular weight excluding hydrogens is 225 g/mol. The molecule has 2 heteroatoms. The summed E-state index contributed by atoms with van der Waals surface area (Å²) >= 11 is 0. The van der Waals surface area contributed by atoms with Crippen LogP contribution in [0.25, 0.3) is 0 Å². The van der Waals surface area contributed by atoms with Gasteiger partial charge in [0, 0.05) is 5.56 Å². The van der Waals surface area contributed by atoms with Crippen LogP contribution in [0.5, 0.6) is 0 Å².